The zero-order chi connectivity index (χ0) is 15.8. The van der Waals surface area contributed by atoms with E-state index in [1.807, 2.05) is 20.8 Å². The minimum Gasteiger partial charge on any atom is -0.344 e. The lowest BCUT2D eigenvalue weighted by Gasteiger charge is -2.32. The van der Waals surface area contributed by atoms with Crippen LogP contribution in [0.4, 0.5) is 14.5 Å². The van der Waals surface area contributed by atoms with Crippen LogP contribution in [0.25, 0.3) is 0 Å². The normalized spacial score (nSPS) is 20.2. The molecule has 1 N–H and O–H groups in total. The summed E-state index contributed by atoms with van der Waals surface area (Å²) in [6.07, 6.45) is 0.0937. The highest BCUT2D eigenvalue weighted by Crippen LogP contribution is 2.27. The third kappa shape index (κ3) is 3.37. The summed E-state index contributed by atoms with van der Waals surface area (Å²) in [6.45, 7) is 5.57. The van der Waals surface area contributed by atoms with Crippen molar-refractivity contribution in [1.29, 1.82) is 0 Å². The van der Waals surface area contributed by atoms with Crippen LogP contribution in [0, 0.1) is 17.0 Å². The molecule has 1 aliphatic heterocycles. The molecular formula is C15H18F2N2O2. The first kappa shape index (κ1) is 15.4. The Kier molecular flexibility index (Phi) is 3.98. The number of rotatable bonds is 1. The molecule has 0 saturated carbocycles. The van der Waals surface area contributed by atoms with Crippen LogP contribution in [0.1, 0.15) is 27.2 Å². The van der Waals surface area contributed by atoms with Gasteiger partial charge < -0.3 is 10.2 Å². The third-order valence-corrected chi connectivity index (χ3v) is 3.41. The SMILES string of the molecule is CC(C)(C)C1NC(=O)CCN(c2cc(F)cc(F)c2)C1=O. The molecule has 2 rings (SSSR count). The average molecular weight is 296 g/mol. The molecule has 1 aromatic rings. The molecule has 1 atom stereocenters. The van der Waals surface area contributed by atoms with Gasteiger partial charge in [0.25, 0.3) is 0 Å². The van der Waals surface area contributed by atoms with Gasteiger partial charge in [0, 0.05) is 24.7 Å². The van der Waals surface area contributed by atoms with E-state index in [1.54, 1.807) is 0 Å². The van der Waals surface area contributed by atoms with Gasteiger partial charge in [0.2, 0.25) is 11.8 Å². The van der Waals surface area contributed by atoms with Crippen LogP contribution >= 0.6 is 0 Å². The van der Waals surface area contributed by atoms with Crippen LogP contribution < -0.4 is 10.2 Å². The van der Waals surface area contributed by atoms with Gasteiger partial charge in [-0.3, -0.25) is 9.59 Å². The van der Waals surface area contributed by atoms with Crippen molar-refractivity contribution < 1.29 is 18.4 Å². The molecule has 1 heterocycles. The molecule has 1 fully saturated rings. The second-order valence-electron chi connectivity index (χ2n) is 6.23. The summed E-state index contributed by atoms with van der Waals surface area (Å²) in [5.74, 6) is -2.12. The second kappa shape index (κ2) is 5.42. The molecule has 1 unspecified atom stereocenters. The van der Waals surface area contributed by atoms with E-state index in [1.165, 1.54) is 4.90 Å². The number of amides is 2. The summed E-state index contributed by atoms with van der Waals surface area (Å²) in [7, 11) is 0. The van der Waals surface area contributed by atoms with E-state index >= 15 is 0 Å². The predicted octanol–water partition coefficient (Wildman–Crippen LogP) is 2.23. The Morgan fingerprint density at radius 2 is 1.71 bits per heavy atom. The van der Waals surface area contributed by atoms with Crippen molar-refractivity contribution in [1.82, 2.24) is 5.32 Å². The van der Waals surface area contributed by atoms with Crippen molar-refractivity contribution in [3.63, 3.8) is 0 Å². The summed E-state index contributed by atoms with van der Waals surface area (Å²) in [5, 5.41) is 2.68. The Labute approximate surface area is 122 Å². The van der Waals surface area contributed by atoms with Gasteiger partial charge in [-0.1, -0.05) is 20.8 Å². The van der Waals surface area contributed by atoms with Crippen molar-refractivity contribution in [2.45, 2.75) is 33.2 Å². The van der Waals surface area contributed by atoms with Gasteiger partial charge in [-0.2, -0.15) is 0 Å². The van der Waals surface area contributed by atoms with Gasteiger partial charge in [0.05, 0.1) is 0 Å². The number of hydrogen-bond acceptors (Lipinski definition) is 2. The monoisotopic (exact) mass is 296 g/mol. The van der Waals surface area contributed by atoms with Gasteiger partial charge >= 0.3 is 0 Å². The largest absolute Gasteiger partial charge is 0.344 e. The summed E-state index contributed by atoms with van der Waals surface area (Å²) < 4.78 is 26.7. The highest BCUT2D eigenvalue weighted by molar-refractivity contribution is 6.01. The lowest BCUT2D eigenvalue weighted by Crippen LogP contribution is -2.52. The van der Waals surface area contributed by atoms with Crippen molar-refractivity contribution in [2.75, 3.05) is 11.4 Å². The Morgan fingerprint density at radius 3 is 2.24 bits per heavy atom. The van der Waals surface area contributed by atoms with Crippen LogP contribution in [0.3, 0.4) is 0 Å². The fraction of sp³-hybridized carbons (Fsp3) is 0.467. The molecule has 1 saturated heterocycles. The highest BCUT2D eigenvalue weighted by Gasteiger charge is 2.38. The predicted molar refractivity (Wildman–Crippen MR) is 74.7 cm³/mol. The van der Waals surface area contributed by atoms with Gasteiger partial charge in [0.15, 0.2) is 0 Å². The van der Waals surface area contributed by atoms with E-state index in [2.05, 4.69) is 5.32 Å². The maximum absolute atomic E-state index is 13.4. The maximum Gasteiger partial charge on any atom is 0.250 e. The van der Waals surface area contributed by atoms with Gasteiger partial charge in [0.1, 0.15) is 17.7 Å². The molecule has 0 radical (unpaired) electrons. The molecular weight excluding hydrogens is 278 g/mol. The number of benzene rings is 1. The molecule has 1 aliphatic rings. The van der Waals surface area contributed by atoms with Gasteiger partial charge in [-0.25, -0.2) is 8.78 Å². The Bertz CT molecular complexity index is 561. The minimum absolute atomic E-state index is 0.0937. The summed E-state index contributed by atoms with van der Waals surface area (Å²) >= 11 is 0. The van der Waals surface area contributed by atoms with Gasteiger partial charge in [-0.05, 0) is 17.5 Å². The molecule has 0 spiro atoms. The van der Waals surface area contributed by atoms with Crippen LogP contribution in [-0.2, 0) is 9.59 Å². The van der Waals surface area contributed by atoms with E-state index in [4.69, 9.17) is 0 Å². The first-order valence-electron chi connectivity index (χ1n) is 6.75. The first-order valence-corrected chi connectivity index (χ1v) is 6.75. The standard InChI is InChI=1S/C15H18F2N2O2/c1-15(2,3)13-14(21)19(5-4-12(20)18-13)11-7-9(16)6-10(17)8-11/h6-8,13H,4-5H2,1-3H3,(H,18,20). The Balaban J connectivity index is 2.42. The van der Waals surface area contributed by atoms with E-state index < -0.39 is 23.1 Å². The molecule has 21 heavy (non-hydrogen) atoms. The van der Waals surface area contributed by atoms with Crippen LogP contribution in [0.15, 0.2) is 18.2 Å². The third-order valence-electron chi connectivity index (χ3n) is 3.41. The van der Waals surface area contributed by atoms with E-state index in [0.717, 1.165) is 18.2 Å². The van der Waals surface area contributed by atoms with Crippen molar-refractivity contribution >= 4 is 17.5 Å². The fourth-order valence-corrected chi connectivity index (χ4v) is 2.31. The number of nitrogens with zero attached hydrogens (tertiary/aromatic N) is 1. The van der Waals surface area contributed by atoms with E-state index in [-0.39, 0.29) is 30.5 Å². The lowest BCUT2D eigenvalue weighted by molar-refractivity contribution is -0.127. The fourth-order valence-electron chi connectivity index (χ4n) is 2.31. The molecule has 1 aromatic carbocycles. The topological polar surface area (TPSA) is 49.4 Å². The minimum atomic E-state index is -0.756. The number of hydrogen-bond donors (Lipinski definition) is 1. The number of anilines is 1. The Hall–Kier alpha value is -1.98. The summed E-state index contributed by atoms with van der Waals surface area (Å²) in [5.41, 5.74) is -0.371. The molecule has 114 valence electrons. The number of nitrogens with one attached hydrogen (secondary N) is 1. The van der Waals surface area contributed by atoms with Crippen LogP contribution in [-0.4, -0.2) is 24.4 Å². The zero-order valence-electron chi connectivity index (χ0n) is 12.2. The van der Waals surface area contributed by atoms with Crippen molar-refractivity contribution in [2.24, 2.45) is 5.41 Å². The number of carbonyl (C=O) groups is 2. The Morgan fingerprint density at radius 1 is 1.14 bits per heavy atom. The quantitative estimate of drug-likeness (QED) is 0.864. The van der Waals surface area contributed by atoms with Crippen LogP contribution in [0.2, 0.25) is 0 Å². The molecule has 0 aromatic heterocycles. The maximum atomic E-state index is 13.4. The summed E-state index contributed by atoms with van der Waals surface area (Å²) in [6, 6.07) is 2.20. The molecule has 6 heteroatoms. The van der Waals surface area contributed by atoms with Gasteiger partial charge in [-0.15, -0.1) is 0 Å². The molecule has 0 aliphatic carbocycles. The van der Waals surface area contributed by atoms with E-state index in [0.29, 0.717) is 0 Å². The molecule has 2 amide bonds. The second-order valence-corrected chi connectivity index (χ2v) is 6.23. The number of halogens is 2. The van der Waals surface area contributed by atoms with Crippen LogP contribution in [0.5, 0.6) is 0 Å². The lowest BCUT2D eigenvalue weighted by atomic mass is 9.86. The zero-order valence-corrected chi connectivity index (χ0v) is 12.2. The molecule has 4 nitrogen and oxygen atoms in total. The van der Waals surface area contributed by atoms with Crippen molar-refractivity contribution in [3.05, 3.63) is 29.8 Å². The number of carbonyl (C=O) groups excluding carboxylic acids is 2. The smallest absolute Gasteiger partial charge is 0.250 e. The molecule has 0 bridgehead atoms. The van der Waals surface area contributed by atoms with Crippen molar-refractivity contribution in [3.8, 4) is 0 Å². The summed E-state index contributed by atoms with van der Waals surface area (Å²) in [4.78, 5) is 25.6. The first-order chi connectivity index (χ1) is 9.68. The average Bonchev–Trinajstić information content (AvgIpc) is 2.47. The van der Waals surface area contributed by atoms with E-state index in [9.17, 15) is 18.4 Å². The highest BCUT2D eigenvalue weighted by atomic mass is 19.1.